The highest BCUT2D eigenvalue weighted by Gasteiger charge is 2.32. The van der Waals surface area contributed by atoms with Crippen LogP contribution in [0.4, 0.5) is 0 Å². The molecule has 0 saturated carbocycles. The number of rotatable bonds is 9. The lowest BCUT2D eigenvalue weighted by Crippen LogP contribution is -2.47. The van der Waals surface area contributed by atoms with E-state index in [1.165, 1.54) is 0 Å². The van der Waals surface area contributed by atoms with Gasteiger partial charge in [0.15, 0.2) is 0 Å². The standard InChI is InChI=1S/C26H43N5O4/c1-6-29-13-15-30(16-14-29)11-8-10-27-24(32)21-9-7-12-31(17-21)25(33)23-19(4)22(20(5)28-23)26(34)35-18(2)3/h18,21,28H,6-17H2,1-5H3,(H,27,32)/t21-/m0/s1. The zero-order valence-corrected chi connectivity index (χ0v) is 22.1. The first-order valence-electron chi connectivity index (χ1n) is 13.1. The van der Waals surface area contributed by atoms with Gasteiger partial charge in [-0.1, -0.05) is 6.92 Å². The summed E-state index contributed by atoms with van der Waals surface area (Å²) in [7, 11) is 0. The van der Waals surface area contributed by atoms with Crippen molar-refractivity contribution in [2.45, 2.75) is 60.0 Å². The van der Waals surface area contributed by atoms with E-state index in [1.807, 2.05) is 0 Å². The second-order valence-electron chi connectivity index (χ2n) is 10.1. The maximum atomic E-state index is 13.3. The van der Waals surface area contributed by atoms with Gasteiger partial charge >= 0.3 is 5.97 Å². The number of aryl methyl sites for hydroxylation is 1. The van der Waals surface area contributed by atoms with Gasteiger partial charge in [0.05, 0.1) is 17.6 Å². The fraction of sp³-hybridized carbons (Fsp3) is 0.731. The molecule has 3 rings (SSSR count). The number of piperazine rings is 1. The summed E-state index contributed by atoms with van der Waals surface area (Å²) in [5, 5.41) is 3.09. The van der Waals surface area contributed by atoms with E-state index in [1.54, 1.807) is 32.6 Å². The first-order valence-corrected chi connectivity index (χ1v) is 13.1. The lowest BCUT2D eigenvalue weighted by molar-refractivity contribution is -0.126. The molecule has 2 fully saturated rings. The molecule has 9 heteroatoms. The van der Waals surface area contributed by atoms with Crippen LogP contribution in [0.1, 0.15) is 72.1 Å². The molecular weight excluding hydrogens is 446 g/mol. The summed E-state index contributed by atoms with van der Waals surface area (Å²) in [6.45, 7) is 17.5. The van der Waals surface area contributed by atoms with Crippen molar-refractivity contribution in [1.29, 1.82) is 0 Å². The van der Waals surface area contributed by atoms with E-state index in [0.29, 0.717) is 42.1 Å². The Bertz CT molecular complexity index is 889. The molecule has 0 aromatic carbocycles. The molecule has 1 atom stereocenters. The molecule has 2 aliphatic heterocycles. The molecule has 0 aliphatic carbocycles. The van der Waals surface area contributed by atoms with Crippen molar-refractivity contribution in [2.24, 2.45) is 5.92 Å². The fourth-order valence-corrected chi connectivity index (χ4v) is 5.06. The number of nitrogens with one attached hydrogen (secondary N) is 2. The number of carbonyl (C=O) groups is 3. The van der Waals surface area contributed by atoms with E-state index in [0.717, 1.165) is 58.5 Å². The average molecular weight is 490 g/mol. The molecular formula is C26H43N5O4. The van der Waals surface area contributed by atoms with Crippen LogP contribution in [0.15, 0.2) is 0 Å². The smallest absolute Gasteiger partial charge is 0.340 e. The maximum Gasteiger partial charge on any atom is 0.340 e. The van der Waals surface area contributed by atoms with Crippen LogP contribution in [-0.4, -0.2) is 102 Å². The van der Waals surface area contributed by atoms with Crippen molar-refractivity contribution >= 4 is 17.8 Å². The van der Waals surface area contributed by atoms with Crippen LogP contribution in [0.25, 0.3) is 0 Å². The van der Waals surface area contributed by atoms with Gasteiger partial charge in [-0.05, 0) is 65.6 Å². The highest BCUT2D eigenvalue weighted by molar-refractivity contribution is 6.00. The number of aromatic nitrogens is 1. The molecule has 0 radical (unpaired) electrons. The van der Waals surface area contributed by atoms with Crippen molar-refractivity contribution in [3.05, 3.63) is 22.5 Å². The lowest BCUT2D eigenvalue weighted by Gasteiger charge is -2.34. The monoisotopic (exact) mass is 489 g/mol. The van der Waals surface area contributed by atoms with Crippen molar-refractivity contribution < 1.29 is 19.1 Å². The van der Waals surface area contributed by atoms with Crippen LogP contribution in [-0.2, 0) is 9.53 Å². The van der Waals surface area contributed by atoms with Gasteiger partial charge in [0.25, 0.3) is 5.91 Å². The van der Waals surface area contributed by atoms with Gasteiger partial charge in [-0.15, -0.1) is 0 Å². The zero-order valence-electron chi connectivity index (χ0n) is 22.1. The Balaban J connectivity index is 1.49. The number of carbonyl (C=O) groups excluding carboxylic acids is 3. The second kappa shape index (κ2) is 12.5. The van der Waals surface area contributed by atoms with Crippen LogP contribution < -0.4 is 5.32 Å². The summed E-state index contributed by atoms with van der Waals surface area (Å²) < 4.78 is 5.34. The number of piperidine rings is 1. The van der Waals surface area contributed by atoms with E-state index >= 15 is 0 Å². The Morgan fingerprint density at radius 2 is 1.77 bits per heavy atom. The third-order valence-corrected chi connectivity index (χ3v) is 7.14. The number of H-pyrrole nitrogens is 1. The van der Waals surface area contributed by atoms with E-state index in [2.05, 4.69) is 27.0 Å². The first-order chi connectivity index (χ1) is 16.7. The highest BCUT2D eigenvalue weighted by Crippen LogP contribution is 2.24. The van der Waals surface area contributed by atoms with E-state index in [-0.39, 0.29) is 23.8 Å². The number of likely N-dealkylation sites (N-methyl/N-ethyl adjacent to an activating group) is 1. The minimum Gasteiger partial charge on any atom is -0.459 e. The number of ether oxygens (including phenoxy) is 1. The molecule has 3 heterocycles. The predicted octanol–water partition coefficient (Wildman–Crippen LogP) is 2.19. The van der Waals surface area contributed by atoms with Gasteiger partial charge in [-0.3, -0.25) is 9.59 Å². The molecule has 9 nitrogen and oxygen atoms in total. The number of hydrogen-bond acceptors (Lipinski definition) is 6. The van der Waals surface area contributed by atoms with Gasteiger partial charge in [-0.2, -0.15) is 0 Å². The van der Waals surface area contributed by atoms with Crippen LogP contribution in [0.5, 0.6) is 0 Å². The Labute approximate surface area is 209 Å². The minimum atomic E-state index is -0.423. The minimum absolute atomic E-state index is 0.0268. The summed E-state index contributed by atoms with van der Waals surface area (Å²) in [6.07, 6.45) is 2.27. The molecule has 196 valence electrons. The van der Waals surface area contributed by atoms with Crippen LogP contribution in [0.3, 0.4) is 0 Å². The molecule has 2 amide bonds. The van der Waals surface area contributed by atoms with Gasteiger partial charge in [0, 0.05) is 51.5 Å². The summed E-state index contributed by atoms with van der Waals surface area (Å²) in [5.74, 6) is -0.771. The summed E-state index contributed by atoms with van der Waals surface area (Å²) in [5.41, 5.74) is 2.05. The molecule has 0 bridgehead atoms. The third-order valence-electron chi connectivity index (χ3n) is 7.14. The Hall–Kier alpha value is -2.39. The molecule has 0 spiro atoms. The Morgan fingerprint density at radius 3 is 2.43 bits per heavy atom. The van der Waals surface area contributed by atoms with Gasteiger partial charge in [0.1, 0.15) is 5.69 Å². The molecule has 2 saturated heterocycles. The first kappa shape index (κ1) is 27.2. The Morgan fingerprint density at radius 1 is 1.09 bits per heavy atom. The molecule has 2 aliphatic rings. The maximum absolute atomic E-state index is 13.3. The molecule has 35 heavy (non-hydrogen) atoms. The number of amides is 2. The topological polar surface area (TPSA) is 98.0 Å². The molecule has 0 unspecified atom stereocenters. The lowest BCUT2D eigenvalue weighted by atomic mass is 9.96. The fourth-order valence-electron chi connectivity index (χ4n) is 5.06. The third kappa shape index (κ3) is 7.07. The van der Waals surface area contributed by atoms with E-state index < -0.39 is 5.97 Å². The predicted molar refractivity (Wildman–Crippen MR) is 136 cm³/mol. The second-order valence-corrected chi connectivity index (χ2v) is 10.1. The number of hydrogen-bond donors (Lipinski definition) is 2. The van der Waals surface area contributed by atoms with Crippen LogP contribution in [0, 0.1) is 19.8 Å². The number of esters is 1. The van der Waals surface area contributed by atoms with Gasteiger partial charge in [-0.25, -0.2) is 4.79 Å². The van der Waals surface area contributed by atoms with Crippen LogP contribution >= 0.6 is 0 Å². The van der Waals surface area contributed by atoms with Crippen molar-refractivity contribution in [3.63, 3.8) is 0 Å². The van der Waals surface area contributed by atoms with E-state index in [4.69, 9.17) is 4.74 Å². The Kier molecular flexibility index (Phi) is 9.74. The van der Waals surface area contributed by atoms with Gasteiger partial charge < -0.3 is 29.7 Å². The quantitative estimate of drug-likeness (QED) is 0.408. The van der Waals surface area contributed by atoms with Crippen molar-refractivity contribution in [3.8, 4) is 0 Å². The van der Waals surface area contributed by atoms with Crippen molar-refractivity contribution in [2.75, 3.05) is 58.9 Å². The van der Waals surface area contributed by atoms with Gasteiger partial charge in [0.2, 0.25) is 5.91 Å². The van der Waals surface area contributed by atoms with Crippen molar-refractivity contribution in [1.82, 2.24) is 25.0 Å². The SMILES string of the molecule is CCN1CCN(CCCNC(=O)[C@H]2CCCN(C(=O)c3[nH]c(C)c(C(=O)OC(C)C)c3C)C2)CC1. The molecule has 1 aromatic rings. The number of aromatic amines is 1. The number of nitrogens with zero attached hydrogens (tertiary/aromatic N) is 3. The van der Waals surface area contributed by atoms with E-state index in [9.17, 15) is 14.4 Å². The summed E-state index contributed by atoms with van der Waals surface area (Å²) in [6, 6.07) is 0. The molecule has 1 aromatic heterocycles. The highest BCUT2D eigenvalue weighted by atomic mass is 16.5. The summed E-state index contributed by atoms with van der Waals surface area (Å²) >= 11 is 0. The molecule has 2 N–H and O–H groups in total. The van der Waals surface area contributed by atoms with Crippen LogP contribution in [0.2, 0.25) is 0 Å². The summed E-state index contributed by atoms with van der Waals surface area (Å²) in [4.78, 5) is 48.3. The normalized spacial score (nSPS) is 19.7. The largest absolute Gasteiger partial charge is 0.459 e. The number of likely N-dealkylation sites (tertiary alicyclic amines) is 1. The zero-order chi connectivity index (χ0) is 25.5. The average Bonchev–Trinajstić information content (AvgIpc) is 3.14.